The lowest BCUT2D eigenvalue weighted by molar-refractivity contribution is 0.0526. The number of nitrogens with one attached hydrogen (secondary N) is 2. The highest BCUT2D eigenvalue weighted by Crippen LogP contribution is 2.32. The predicted octanol–water partition coefficient (Wildman–Crippen LogP) is 3.83. The van der Waals surface area contributed by atoms with Crippen LogP contribution in [0, 0.1) is 0 Å². The molecule has 224 valence electrons. The van der Waals surface area contributed by atoms with E-state index in [1.54, 1.807) is 19.3 Å². The van der Waals surface area contributed by atoms with Gasteiger partial charge in [0.25, 0.3) is 0 Å². The topological polar surface area (TPSA) is 133 Å². The highest BCUT2D eigenvalue weighted by Gasteiger charge is 2.27. The number of nitrogens with zero attached hydrogens (tertiary/aromatic N) is 5. The van der Waals surface area contributed by atoms with Crippen molar-refractivity contribution in [1.29, 1.82) is 0 Å². The third-order valence-corrected chi connectivity index (χ3v) is 8.02. The molecule has 12 nitrogen and oxygen atoms in total. The summed E-state index contributed by atoms with van der Waals surface area (Å²) in [7, 11) is 0. The number of aromatic nitrogens is 4. The van der Waals surface area contributed by atoms with Crippen LogP contribution in [0.4, 0.5) is 17.6 Å². The Labute approximate surface area is 245 Å². The Morgan fingerprint density at radius 3 is 2.52 bits per heavy atom. The van der Waals surface area contributed by atoms with Crippen molar-refractivity contribution in [2.45, 2.75) is 63.6 Å². The van der Waals surface area contributed by atoms with Gasteiger partial charge in [-0.3, -0.25) is 4.98 Å². The number of ether oxygens (including phenoxy) is 4. The SMILES string of the molecule is CCOC(=O)c1cnc(NC2CCOCC2)nc1N[C@H]1CC[C@@H](Oc2nc(N3CCOCC3)cc3ncccc23)CC1. The minimum absolute atomic E-state index is 0.0274. The average molecular weight is 578 g/mol. The number of pyridine rings is 2. The zero-order valence-electron chi connectivity index (χ0n) is 24.1. The molecule has 6 rings (SSSR count). The molecule has 1 aliphatic carbocycles. The first kappa shape index (κ1) is 28.4. The summed E-state index contributed by atoms with van der Waals surface area (Å²) in [5.41, 5.74) is 1.22. The van der Waals surface area contributed by atoms with Gasteiger partial charge in [-0.25, -0.2) is 9.78 Å². The molecule has 0 spiro atoms. The highest BCUT2D eigenvalue weighted by atomic mass is 16.5. The molecule has 5 heterocycles. The van der Waals surface area contributed by atoms with E-state index in [0.717, 1.165) is 68.3 Å². The number of anilines is 3. The van der Waals surface area contributed by atoms with Crippen LogP contribution >= 0.6 is 0 Å². The molecular weight excluding hydrogens is 538 g/mol. The number of rotatable bonds is 9. The van der Waals surface area contributed by atoms with Crippen LogP contribution in [0.1, 0.15) is 55.8 Å². The maximum atomic E-state index is 12.7. The van der Waals surface area contributed by atoms with Crippen LogP contribution in [-0.4, -0.2) is 90.2 Å². The Bertz CT molecular complexity index is 1360. The summed E-state index contributed by atoms with van der Waals surface area (Å²) in [6.45, 7) is 6.48. The van der Waals surface area contributed by atoms with E-state index < -0.39 is 5.97 Å². The number of hydrogen-bond acceptors (Lipinski definition) is 12. The van der Waals surface area contributed by atoms with Gasteiger partial charge in [0.15, 0.2) is 0 Å². The zero-order valence-corrected chi connectivity index (χ0v) is 24.1. The van der Waals surface area contributed by atoms with E-state index in [1.807, 2.05) is 18.2 Å². The van der Waals surface area contributed by atoms with E-state index >= 15 is 0 Å². The molecule has 2 saturated heterocycles. The third kappa shape index (κ3) is 6.81. The molecule has 0 unspecified atom stereocenters. The minimum Gasteiger partial charge on any atom is -0.474 e. The molecule has 3 aromatic heterocycles. The Balaban J connectivity index is 1.13. The smallest absolute Gasteiger partial charge is 0.343 e. The van der Waals surface area contributed by atoms with Crippen molar-refractivity contribution in [2.75, 3.05) is 61.7 Å². The van der Waals surface area contributed by atoms with Gasteiger partial charge in [0, 0.05) is 56.8 Å². The van der Waals surface area contributed by atoms with Crippen LogP contribution < -0.4 is 20.3 Å². The maximum Gasteiger partial charge on any atom is 0.343 e. The quantitative estimate of drug-likeness (QED) is 0.358. The first-order valence-corrected chi connectivity index (χ1v) is 15.1. The van der Waals surface area contributed by atoms with Crippen LogP contribution in [-0.2, 0) is 14.2 Å². The number of esters is 1. The van der Waals surface area contributed by atoms with Gasteiger partial charge in [-0.05, 0) is 57.6 Å². The summed E-state index contributed by atoms with van der Waals surface area (Å²) in [4.78, 5) is 33.5. The molecule has 0 bridgehead atoms. The van der Waals surface area contributed by atoms with Crippen molar-refractivity contribution in [2.24, 2.45) is 0 Å². The van der Waals surface area contributed by atoms with Gasteiger partial charge in [-0.15, -0.1) is 0 Å². The van der Waals surface area contributed by atoms with Gasteiger partial charge in [-0.1, -0.05) is 0 Å². The molecule has 3 fully saturated rings. The van der Waals surface area contributed by atoms with Crippen molar-refractivity contribution >= 4 is 34.5 Å². The van der Waals surface area contributed by atoms with Crippen LogP contribution in [0.3, 0.4) is 0 Å². The van der Waals surface area contributed by atoms with E-state index in [0.29, 0.717) is 49.6 Å². The largest absolute Gasteiger partial charge is 0.474 e. The molecule has 0 amide bonds. The first-order valence-electron chi connectivity index (χ1n) is 15.1. The molecule has 2 N–H and O–H groups in total. The van der Waals surface area contributed by atoms with Crippen molar-refractivity contribution in [3.63, 3.8) is 0 Å². The summed E-state index contributed by atoms with van der Waals surface area (Å²) in [5, 5.41) is 7.83. The molecule has 2 aliphatic heterocycles. The maximum absolute atomic E-state index is 12.7. The Morgan fingerprint density at radius 1 is 0.976 bits per heavy atom. The second-order valence-corrected chi connectivity index (χ2v) is 10.9. The van der Waals surface area contributed by atoms with Gasteiger partial charge in [0.05, 0.1) is 30.7 Å². The standard InChI is InChI=1S/C30H39N7O5/c1-2-41-29(38)24-19-32-30(34-21-9-14-39-15-10-21)36-27(24)33-20-5-7-22(8-6-20)42-28-23-4-3-11-31-25(23)18-26(35-28)37-12-16-40-17-13-37/h3-4,11,18-22H,2,5-10,12-17H2,1H3,(H2,32,33,34,36)/t20-,22+. The fourth-order valence-electron chi connectivity index (χ4n) is 5.70. The van der Waals surface area contributed by atoms with Crippen molar-refractivity contribution < 1.29 is 23.7 Å². The minimum atomic E-state index is -0.429. The lowest BCUT2D eigenvalue weighted by Crippen LogP contribution is -2.37. The highest BCUT2D eigenvalue weighted by molar-refractivity contribution is 5.94. The zero-order chi connectivity index (χ0) is 28.7. The van der Waals surface area contributed by atoms with Gasteiger partial charge < -0.3 is 34.5 Å². The molecular formula is C30H39N7O5. The normalized spacial score (nSPS) is 21.6. The Hall–Kier alpha value is -3.77. The van der Waals surface area contributed by atoms with E-state index in [4.69, 9.17) is 28.9 Å². The van der Waals surface area contributed by atoms with Gasteiger partial charge in [0.1, 0.15) is 23.3 Å². The monoisotopic (exact) mass is 577 g/mol. The van der Waals surface area contributed by atoms with E-state index in [-0.39, 0.29) is 24.8 Å². The van der Waals surface area contributed by atoms with E-state index in [9.17, 15) is 4.79 Å². The summed E-state index contributed by atoms with van der Waals surface area (Å²) in [5.74, 6) is 2.07. The van der Waals surface area contributed by atoms with Crippen molar-refractivity contribution in [3.05, 3.63) is 36.2 Å². The van der Waals surface area contributed by atoms with Crippen molar-refractivity contribution in [1.82, 2.24) is 19.9 Å². The van der Waals surface area contributed by atoms with E-state index in [1.165, 1.54) is 0 Å². The van der Waals surface area contributed by atoms with Crippen LogP contribution in [0.15, 0.2) is 30.6 Å². The number of morpholine rings is 1. The summed E-state index contributed by atoms with van der Waals surface area (Å²) < 4.78 is 22.8. The Kier molecular flexibility index (Phi) is 9.09. The van der Waals surface area contributed by atoms with E-state index in [2.05, 4.69) is 25.5 Å². The number of carbonyl (C=O) groups is 1. The molecule has 3 aliphatic rings. The summed E-state index contributed by atoms with van der Waals surface area (Å²) >= 11 is 0. The second-order valence-electron chi connectivity index (χ2n) is 10.9. The predicted molar refractivity (Wildman–Crippen MR) is 158 cm³/mol. The molecule has 42 heavy (non-hydrogen) atoms. The second kappa shape index (κ2) is 13.5. The van der Waals surface area contributed by atoms with Crippen molar-refractivity contribution in [3.8, 4) is 5.88 Å². The lowest BCUT2D eigenvalue weighted by atomic mass is 9.93. The van der Waals surface area contributed by atoms with Gasteiger partial charge >= 0.3 is 5.97 Å². The van der Waals surface area contributed by atoms with Gasteiger partial charge in [-0.2, -0.15) is 9.97 Å². The van der Waals surface area contributed by atoms with Crippen LogP contribution in [0.5, 0.6) is 5.88 Å². The fraction of sp³-hybridized carbons (Fsp3) is 0.567. The molecule has 3 aromatic rings. The third-order valence-electron chi connectivity index (χ3n) is 8.02. The molecule has 0 aromatic carbocycles. The number of fused-ring (bicyclic) bond motifs is 1. The summed E-state index contributed by atoms with van der Waals surface area (Å²) in [6.07, 6.45) is 8.57. The van der Waals surface area contributed by atoms with Crippen LogP contribution in [0.2, 0.25) is 0 Å². The Morgan fingerprint density at radius 2 is 1.74 bits per heavy atom. The molecule has 0 radical (unpaired) electrons. The molecule has 0 atom stereocenters. The van der Waals surface area contributed by atoms with Crippen LogP contribution in [0.25, 0.3) is 10.9 Å². The molecule has 12 heteroatoms. The molecule has 1 saturated carbocycles. The van der Waals surface area contributed by atoms with Gasteiger partial charge in [0.2, 0.25) is 11.8 Å². The fourth-order valence-corrected chi connectivity index (χ4v) is 5.70. The lowest BCUT2D eigenvalue weighted by Gasteiger charge is -2.31. The summed E-state index contributed by atoms with van der Waals surface area (Å²) in [6, 6.07) is 6.34. The number of hydrogen-bond donors (Lipinski definition) is 2. The average Bonchev–Trinajstić information content (AvgIpc) is 3.03. The number of carbonyl (C=O) groups excluding carboxylic acids is 1. The first-order chi connectivity index (χ1) is 20.7.